The monoisotopic (exact) mass is 1040 g/mol. The zero-order chi connectivity index (χ0) is 55.5. The third-order valence-electron chi connectivity index (χ3n) is 7.15. The molecule has 0 aliphatic carbocycles. The standard InChI is InChI=1S/C12H16F3N3O2.C11H14F3N3O2.C7H8F3N3.C6H6F3N3.C2H5B2O3/c1-11(2,3)20-10(19)18(4)8-6-17-9(5-7(8)16)12(13,14)15;1-10(2,3)19-9(18)17-7-5-16-8(4-6(7)15)11(12,13)14;1-12-5-3-13-6(2-4(5)11)7(8,9)10;7-6(8,9)5-1-3(10)4(11)2-12-5;1-3-7-6-2-4-5/h5-6H,1-4H3,(H2,16,17);4-5H,1-3H3,(H2,15,16)(H,17,18);2-3,12H,1H3,(H2,11,13);1-2H,11H2,(H2,10,12);2H2,1H3. The molecule has 0 spiro atoms. The van der Waals surface area contributed by atoms with Gasteiger partial charge in [0.1, 0.15) is 34.0 Å². The number of nitrogens with two attached hydrogens (primary N) is 5. The molecule has 12 N–H and O–H groups in total. The Morgan fingerprint density at radius 3 is 1.31 bits per heavy atom. The molecule has 4 aromatic rings. The minimum absolute atomic E-state index is 0.00958. The van der Waals surface area contributed by atoms with Gasteiger partial charge in [-0.05, 0) is 65.8 Å². The molecule has 0 fully saturated rings. The molecule has 0 saturated carbocycles. The van der Waals surface area contributed by atoms with Crippen LogP contribution in [0.2, 0.25) is 6.82 Å². The van der Waals surface area contributed by atoms with Gasteiger partial charge < -0.3 is 43.5 Å². The van der Waals surface area contributed by atoms with Gasteiger partial charge in [0.05, 0.1) is 70.3 Å². The topological polar surface area (TPSA) is 297 Å². The predicted octanol–water partition coefficient (Wildman–Crippen LogP) is 8.68. The quantitative estimate of drug-likeness (QED) is 0.0299. The van der Waals surface area contributed by atoms with E-state index in [4.69, 9.17) is 38.1 Å². The summed E-state index contributed by atoms with van der Waals surface area (Å²) in [6.07, 6.45) is -16.0. The smallest absolute Gasteiger partial charge is 0.397 e. The Morgan fingerprint density at radius 1 is 0.592 bits per heavy atom. The number of carbonyl (C=O) groups is 2. The number of amides is 2. The number of hydrogen-bond acceptors (Lipinski definition) is 17. The fourth-order valence-electron chi connectivity index (χ4n) is 4.08. The van der Waals surface area contributed by atoms with Crippen molar-refractivity contribution in [3.63, 3.8) is 0 Å². The third kappa shape index (κ3) is 24.9. The van der Waals surface area contributed by atoms with Crippen LogP contribution in [-0.2, 0) is 48.6 Å². The van der Waals surface area contributed by atoms with Crippen molar-refractivity contribution in [1.29, 1.82) is 0 Å². The number of nitrogens with one attached hydrogen (secondary N) is 2. The Hall–Kier alpha value is -7.05. The zero-order valence-electron chi connectivity index (χ0n) is 39.0. The van der Waals surface area contributed by atoms with Crippen LogP contribution in [-0.4, -0.2) is 78.6 Å². The maximum absolute atomic E-state index is 12.5. The van der Waals surface area contributed by atoms with E-state index in [9.17, 15) is 67.0 Å². The molecule has 2 amide bonds. The summed E-state index contributed by atoms with van der Waals surface area (Å²) in [6, 6.07) is 2.82. The van der Waals surface area contributed by atoms with Crippen LogP contribution in [0.25, 0.3) is 0 Å². The molecule has 0 saturated heterocycles. The third-order valence-corrected chi connectivity index (χ3v) is 7.15. The number of halogens is 12. The van der Waals surface area contributed by atoms with Crippen molar-refractivity contribution in [1.82, 2.24) is 19.9 Å². The van der Waals surface area contributed by atoms with Gasteiger partial charge >= 0.3 is 79.3 Å². The van der Waals surface area contributed by atoms with Gasteiger partial charge in [0.15, 0.2) is 0 Å². The van der Waals surface area contributed by atoms with Gasteiger partial charge in [0.25, 0.3) is 0 Å². The number of carbonyl (C=O) groups excluding carboxylic acids is 2. The van der Waals surface area contributed by atoms with Crippen molar-refractivity contribution < 1.29 is 86.1 Å². The summed E-state index contributed by atoms with van der Waals surface area (Å²) in [7, 11) is 4.86. The van der Waals surface area contributed by atoms with E-state index >= 15 is 0 Å². The molecule has 4 heterocycles. The summed E-state index contributed by atoms with van der Waals surface area (Å²) in [5, 5.41) is 4.85. The molecule has 393 valence electrons. The van der Waals surface area contributed by atoms with Crippen LogP contribution in [0.4, 0.5) is 108 Å². The number of rotatable bonds is 7. The van der Waals surface area contributed by atoms with Crippen molar-refractivity contribution in [2.24, 2.45) is 0 Å². The molecule has 1 radical (unpaired) electrons. The van der Waals surface area contributed by atoms with Crippen LogP contribution in [0.1, 0.15) is 64.3 Å². The van der Waals surface area contributed by atoms with Crippen molar-refractivity contribution in [3.05, 3.63) is 71.8 Å². The number of alkyl halides is 12. The van der Waals surface area contributed by atoms with Gasteiger partial charge in [-0.1, -0.05) is 0 Å². The zero-order valence-corrected chi connectivity index (χ0v) is 39.0. The Morgan fingerprint density at radius 2 is 0.972 bits per heavy atom. The average molecular weight is 1040 g/mol. The van der Waals surface area contributed by atoms with E-state index in [1.54, 1.807) is 55.4 Å². The van der Waals surface area contributed by atoms with Crippen LogP contribution in [0.15, 0.2) is 49.1 Å². The van der Waals surface area contributed by atoms with Gasteiger partial charge in [-0.3, -0.25) is 10.2 Å². The first-order valence-electron chi connectivity index (χ1n) is 19.4. The molecule has 19 nitrogen and oxygen atoms in total. The van der Waals surface area contributed by atoms with E-state index in [1.165, 1.54) is 14.5 Å². The number of ether oxygens (including phenoxy) is 2. The Balaban J connectivity index is 0.000000895. The molecular weight excluding hydrogens is 986 g/mol. The fourth-order valence-corrected chi connectivity index (χ4v) is 4.08. The molecular formula is C38H49B2F12N12O7. The van der Waals surface area contributed by atoms with Crippen LogP contribution in [0.3, 0.4) is 0 Å². The SMILES string of the molecule is CC(C)(C)OC(=O)Nc1cnc(C(F)(F)F)cc1N.CN(C(=O)OC(C)(C)C)c1cnc(C(F)(F)F)cc1N.CNc1cnc(C(F)(F)F)cc1N.C[B]OOCB=O.Nc1cnc(C(F)(F)F)cc1N. The number of aromatic nitrogens is 4. The average Bonchev–Trinajstić information content (AvgIpc) is 3.20. The van der Waals surface area contributed by atoms with Gasteiger partial charge in [0.2, 0.25) is 0 Å². The summed E-state index contributed by atoms with van der Waals surface area (Å²) in [4.78, 5) is 45.4. The van der Waals surface area contributed by atoms with E-state index in [1.807, 2.05) is 0 Å². The van der Waals surface area contributed by atoms with E-state index in [0.29, 0.717) is 31.0 Å². The van der Waals surface area contributed by atoms with E-state index in [2.05, 4.69) is 40.3 Å². The maximum atomic E-state index is 12.5. The molecule has 0 aromatic carbocycles. The Bertz CT molecular complexity index is 2350. The summed E-state index contributed by atoms with van der Waals surface area (Å²) >= 11 is 0. The first kappa shape index (κ1) is 63.9. The van der Waals surface area contributed by atoms with Gasteiger partial charge in [-0.25, -0.2) is 29.5 Å². The normalized spacial score (nSPS) is 11.5. The van der Waals surface area contributed by atoms with Crippen molar-refractivity contribution in [2.45, 2.75) is 84.3 Å². The molecule has 4 aromatic heterocycles. The van der Waals surface area contributed by atoms with Gasteiger partial charge in [-0.15, -0.1) is 0 Å². The fraction of sp³-hybridized carbons (Fsp3) is 0.421. The van der Waals surface area contributed by atoms with Crippen LogP contribution in [0, 0.1) is 0 Å². The summed E-state index contributed by atoms with van der Waals surface area (Å²) in [5.41, 5.74) is 20.8. The second-order valence-electron chi connectivity index (χ2n) is 15.3. The van der Waals surface area contributed by atoms with Crippen LogP contribution >= 0.6 is 0 Å². The predicted molar refractivity (Wildman–Crippen MR) is 238 cm³/mol. The van der Waals surface area contributed by atoms with E-state index < -0.39 is 70.9 Å². The van der Waals surface area contributed by atoms with Crippen molar-refractivity contribution in [3.8, 4) is 0 Å². The van der Waals surface area contributed by atoms with Crippen molar-refractivity contribution in [2.75, 3.05) is 64.8 Å². The number of pyridine rings is 4. The first-order valence-corrected chi connectivity index (χ1v) is 19.4. The second-order valence-corrected chi connectivity index (χ2v) is 15.3. The number of hydrogen-bond donors (Lipinski definition) is 7. The minimum Gasteiger partial charge on any atom is -0.397 e. The van der Waals surface area contributed by atoms with Crippen LogP contribution < -0.4 is 44.2 Å². The molecule has 33 heteroatoms. The van der Waals surface area contributed by atoms with Gasteiger partial charge in [-0.2, -0.15) is 52.7 Å². The molecule has 4 rings (SSSR count). The summed E-state index contributed by atoms with van der Waals surface area (Å²) in [5.74, 6) is 0. The number of nitrogens with zero attached hydrogens (tertiary/aromatic N) is 5. The molecule has 0 bridgehead atoms. The van der Waals surface area contributed by atoms with Crippen LogP contribution in [0.5, 0.6) is 0 Å². The van der Waals surface area contributed by atoms with E-state index in [0.717, 1.165) is 35.8 Å². The first-order chi connectivity index (χ1) is 32.2. The molecule has 0 atom stereocenters. The number of nitrogen functional groups attached to an aromatic ring is 5. The Kier molecular flexibility index (Phi) is 24.1. The van der Waals surface area contributed by atoms with Gasteiger partial charge in [0, 0.05) is 14.1 Å². The second kappa shape index (κ2) is 26.8. The largest absolute Gasteiger partial charge is 0.433 e. The molecule has 0 aliphatic heterocycles. The molecule has 0 unspecified atom stereocenters. The number of anilines is 8. The summed E-state index contributed by atoms with van der Waals surface area (Å²) in [6.45, 7) is 11.6. The summed E-state index contributed by atoms with van der Waals surface area (Å²) < 4.78 is 166. The van der Waals surface area contributed by atoms with E-state index in [-0.39, 0.29) is 46.3 Å². The molecule has 0 aliphatic rings. The molecule has 71 heavy (non-hydrogen) atoms. The Labute approximate surface area is 399 Å². The minimum atomic E-state index is -4.59. The maximum Gasteiger partial charge on any atom is 0.433 e. The van der Waals surface area contributed by atoms with Crippen molar-refractivity contribution >= 4 is 72.3 Å².